The van der Waals surface area contributed by atoms with Crippen LogP contribution in [0.2, 0.25) is 0 Å². The Labute approximate surface area is 94.7 Å². The van der Waals surface area contributed by atoms with Crippen LogP contribution in [0.25, 0.3) is 0 Å². The van der Waals surface area contributed by atoms with Crippen LogP contribution in [0.1, 0.15) is 30.1 Å². The van der Waals surface area contributed by atoms with E-state index >= 15 is 0 Å². The van der Waals surface area contributed by atoms with Crippen molar-refractivity contribution in [2.75, 3.05) is 6.61 Å². The van der Waals surface area contributed by atoms with Crippen LogP contribution >= 0.6 is 0 Å². The second kappa shape index (κ2) is 4.63. The Balaban J connectivity index is 2.34. The van der Waals surface area contributed by atoms with Crippen molar-refractivity contribution in [2.24, 2.45) is 5.92 Å². The van der Waals surface area contributed by atoms with Crippen LogP contribution in [-0.2, 0) is 4.74 Å². The van der Waals surface area contributed by atoms with E-state index in [0.29, 0.717) is 12.2 Å². The molecule has 1 aromatic carbocycles. The van der Waals surface area contributed by atoms with E-state index in [1.54, 1.807) is 12.1 Å². The Morgan fingerprint density at radius 1 is 1.50 bits per heavy atom. The minimum Gasteiger partial charge on any atom is -0.372 e. The molecule has 2 unspecified atom stereocenters. The molecule has 84 valence electrons. The van der Waals surface area contributed by atoms with Gasteiger partial charge in [0.2, 0.25) is 0 Å². The van der Waals surface area contributed by atoms with E-state index in [1.165, 1.54) is 6.07 Å². The number of rotatable bonds is 1. The summed E-state index contributed by atoms with van der Waals surface area (Å²) in [6, 6.07) is 7.15. The van der Waals surface area contributed by atoms with Crippen molar-refractivity contribution in [3.8, 4) is 6.07 Å². The highest BCUT2D eigenvalue weighted by atomic mass is 19.1. The normalized spacial score (nSPS) is 25.1. The van der Waals surface area contributed by atoms with Crippen molar-refractivity contribution in [1.29, 1.82) is 5.26 Å². The van der Waals surface area contributed by atoms with E-state index in [0.717, 1.165) is 18.4 Å². The summed E-state index contributed by atoms with van der Waals surface area (Å²) < 4.78 is 19.2. The van der Waals surface area contributed by atoms with Gasteiger partial charge in [0.1, 0.15) is 11.9 Å². The highest BCUT2D eigenvalue weighted by Crippen LogP contribution is 2.34. The Bertz CT molecular complexity index is 424. The number of aryl methyl sites for hydroxylation is 1. The van der Waals surface area contributed by atoms with Gasteiger partial charge in [-0.3, -0.25) is 0 Å². The number of hydrogen-bond donors (Lipinski definition) is 0. The second-order valence-electron chi connectivity index (χ2n) is 4.19. The molecule has 1 aromatic rings. The summed E-state index contributed by atoms with van der Waals surface area (Å²) in [4.78, 5) is 0. The first-order valence-electron chi connectivity index (χ1n) is 5.49. The van der Waals surface area contributed by atoms with Crippen LogP contribution in [0.4, 0.5) is 4.39 Å². The summed E-state index contributed by atoms with van der Waals surface area (Å²) >= 11 is 0. The lowest BCUT2D eigenvalue weighted by atomic mass is 9.90. The highest BCUT2D eigenvalue weighted by molar-refractivity contribution is 5.27. The lowest BCUT2D eigenvalue weighted by Gasteiger charge is -2.28. The molecule has 2 atom stereocenters. The van der Waals surface area contributed by atoms with Crippen LogP contribution in [0, 0.1) is 30.0 Å². The number of halogens is 1. The zero-order valence-corrected chi connectivity index (χ0v) is 9.24. The maximum Gasteiger partial charge on any atom is 0.129 e. The zero-order valence-electron chi connectivity index (χ0n) is 9.24. The largest absolute Gasteiger partial charge is 0.372 e. The van der Waals surface area contributed by atoms with Gasteiger partial charge in [-0.15, -0.1) is 0 Å². The molecule has 1 heterocycles. The minimum atomic E-state index is -0.404. The lowest BCUT2D eigenvalue weighted by Crippen LogP contribution is -2.22. The molecule has 0 bridgehead atoms. The lowest BCUT2D eigenvalue weighted by molar-refractivity contribution is -0.0122. The molecular weight excluding hydrogens is 205 g/mol. The molecule has 0 N–H and O–H groups in total. The molecule has 0 radical (unpaired) electrons. The van der Waals surface area contributed by atoms with Gasteiger partial charge in [-0.05, 0) is 25.8 Å². The topological polar surface area (TPSA) is 33.0 Å². The van der Waals surface area contributed by atoms with E-state index in [9.17, 15) is 4.39 Å². The molecule has 1 aliphatic rings. The van der Waals surface area contributed by atoms with Crippen molar-refractivity contribution in [2.45, 2.75) is 25.9 Å². The first-order chi connectivity index (χ1) is 7.72. The molecule has 0 aromatic heterocycles. The van der Waals surface area contributed by atoms with Crippen molar-refractivity contribution in [1.82, 2.24) is 0 Å². The van der Waals surface area contributed by atoms with Crippen molar-refractivity contribution >= 4 is 0 Å². The van der Waals surface area contributed by atoms with E-state index in [2.05, 4.69) is 6.07 Å². The highest BCUT2D eigenvalue weighted by Gasteiger charge is 2.29. The third kappa shape index (κ3) is 2.07. The van der Waals surface area contributed by atoms with Crippen LogP contribution in [0.3, 0.4) is 0 Å². The Morgan fingerprint density at radius 3 is 3.06 bits per heavy atom. The molecule has 1 aliphatic heterocycles. The van der Waals surface area contributed by atoms with Gasteiger partial charge in [0.25, 0.3) is 0 Å². The predicted molar refractivity (Wildman–Crippen MR) is 58.2 cm³/mol. The first kappa shape index (κ1) is 11.1. The van der Waals surface area contributed by atoms with E-state index in [-0.39, 0.29) is 11.7 Å². The van der Waals surface area contributed by atoms with Crippen molar-refractivity contribution in [3.05, 3.63) is 35.1 Å². The molecule has 1 saturated heterocycles. The van der Waals surface area contributed by atoms with Gasteiger partial charge in [-0.1, -0.05) is 17.7 Å². The maximum absolute atomic E-state index is 13.7. The molecule has 0 amide bonds. The minimum absolute atomic E-state index is 0.231. The Hall–Kier alpha value is -1.40. The monoisotopic (exact) mass is 219 g/mol. The van der Waals surface area contributed by atoms with Gasteiger partial charge in [0, 0.05) is 12.2 Å². The molecule has 16 heavy (non-hydrogen) atoms. The van der Waals surface area contributed by atoms with E-state index in [4.69, 9.17) is 10.00 Å². The fourth-order valence-corrected chi connectivity index (χ4v) is 2.10. The average Bonchev–Trinajstić information content (AvgIpc) is 2.32. The van der Waals surface area contributed by atoms with Crippen LogP contribution in [-0.4, -0.2) is 6.61 Å². The molecule has 2 rings (SSSR count). The van der Waals surface area contributed by atoms with Gasteiger partial charge < -0.3 is 4.74 Å². The molecule has 2 nitrogen and oxygen atoms in total. The van der Waals surface area contributed by atoms with Gasteiger partial charge in [0.05, 0.1) is 12.0 Å². The summed E-state index contributed by atoms with van der Waals surface area (Å²) in [5.74, 6) is -0.511. The molecule has 0 spiro atoms. The molecule has 0 saturated carbocycles. The number of nitrogens with zero attached hydrogens (tertiary/aromatic N) is 1. The molecule has 3 heteroatoms. The van der Waals surface area contributed by atoms with Crippen LogP contribution < -0.4 is 0 Å². The van der Waals surface area contributed by atoms with Gasteiger partial charge in [0.15, 0.2) is 0 Å². The molecule has 1 fully saturated rings. The number of nitriles is 1. The second-order valence-corrected chi connectivity index (χ2v) is 4.19. The number of ether oxygens (including phenoxy) is 1. The van der Waals surface area contributed by atoms with Crippen LogP contribution in [0.5, 0.6) is 0 Å². The predicted octanol–water partition coefficient (Wildman–Crippen LogP) is 3.13. The summed E-state index contributed by atoms with van der Waals surface area (Å²) in [7, 11) is 0. The quantitative estimate of drug-likeness (QED) is 0.727. The average molecular weight is 219 g/mol. The first-order valence-corrected chi connectivity index (χ1v) is 5.49. The van der Waals surface area contributed by atoms with Gasteiger partial charge in [-0.2, -0.15) is 5.26 Å². The molecule has 0 aliphatic carbocycles. The van der Waals surface area contributed by atoms with E-state index < -0.39 is 6.10 Å². The Kier molecular flexibility index (Phi) is 3.21. The smallest absolute Gasteiger partial charge is 0.129 e. The summed E-state index contributed by atoms with van der Waals surface area (Å²) in [6.45, 7) is 2.52. The third-order valence-corrected chi connectivity index (χ3v) is 2.95. The number of hydrogen-bond acceptors (Lipinski definition) is 2. The summed E-state index contributed by atoms with van der Waals surface area (Å²) in [5, 5.41) is 9.03. The molecular formula is C13H14FNO. The fraction of sp³-hybridized carbons (Fsp3) is 0.462. The standard InChI is InChI=1S/C13H14FNO/c1-9-4-5-12(14)11(7-9)13-10(8-15)3-2-6-16-13/h4-5,7,10,13H,2-3,6H2,1H3. The van der Waals surface area contributed by atoms with Gasteiger partial charge in [-0.25, -0.2) is 4.39 Å². The van der Waals surface area contributed by atoms with E-state index in [1.807, 2.05) is 6.92 Å². The maximum atomic E-state index is 13.7. The SMILES string of the molecule is Cc1ccc(F)c(C2OCCCC2C#N)c1. The number of benzene rings is 1. The van der Waals surface area contributed by atoms with Gasteiger partial charge >= 0.3 is 0 Å². The Morgan fingerprint density at radius 2 is 2.31 bits per heavy atom. The summed E-state index contributed by atoms with van der Waals surface area (Å²) in [6.07, 6.45) is 1.26. The zero-order chi connectivity index (χ0) is 11.5. The third-order valence-electron chi connectivity index (χ3n) is 2.95. The fourth-order valence-electron chi connectivity index (χ4n) is 2.10. The van der Waals surface area contributed by atoms with Crippen molar-refractivity contribution < 1.29 is 9.13 Å². The van der Waals surface area contributed by atoms with Crippen LogP contribution in [0.15, 0.2) is 18.2 Å². The summed E-state index contributed by atoms with van der Waals surface area (Å²) in [5.41, 5.74) is 1.51. The van der Waals surface area contributed by atoms with Crippen molar-refractivity contribution in [3.63, 3.8) is 0 Å².